The molecule has 0 atom stereocenters. The first-order valence-corrected chi connectivity index (χ1v) is 7.95. The smallest absolute Gasteiger partial charge is 0.340 e. The molecule has 9 heteroatoms. The van der Waals surface area contributed by atoms with Gasteiger partial charge in [0.25, 0.3) is 0 Å². The van der Waals surface area contributed by atoms with Crippen molar-refractivity contribution in [3.05, 3.63) is 28.3 Å². The number of ether oxygens (including phenoxy) is 1. The predicted molar refractivity (Wildman–Crippen MR) is 98.3 cm³/mol. The number of H-pyrrole nitrogens is 1. The van der Waals surface area contributed by atoms with Crippen LogP contribution < -0.4 is 10.6 Å². The van der Waals surface area contributed by atoms with Crippen LogP contribution in [0.2, 0.25) is 0 Å². The molecule has 0 unspecified atom stereocenters. The van der Waals surface area contributed by atoms with Crippen molar-refractivity contribution in [3.8, 4) is 6.07 Å². The van der Waals surface area contributed by atoms with E-state index in [9.17, 15) is 10.1 Å². The molecule has 136 valence electrons. The second-order valence-corrected chi connectivity index (χ2v) is 5.77. The largest absolute Gasteiger partial charge is 0.462 e. The van der Waals surface area contributed by atoms with Gasteiger partial charge in [-0.25, -0.2) is 4.79 Å². The van der Waals surface area contributed by atoms with Crippen molar-refractivity contribution in [1.29, 1.82) is 5.26 Å². The standard InChI is InChI=1S/C17H21N7O2/c1-6-26-15(25)13-9(2)12(20-10(13)3)7-11(8-18)14-21-16(19)23-17(22-14)24(4)5/h7,20H,6H2,1-5H3,(H2,19,21,22,23)/b11-7-. The first-order valence-electron chi connectivity index (χ1n) is 7.95. The number of carbonyl (C=O) groups excluding carboxylic acids is 1. The third-order valence-electron chi connectivity index (χ3n) is 3.65. The quantitative estimate of drug-likeness (QED) is 0.611. The highest BCUT2D eigenvalue weighted by molar-refractivity contribution is 5.95. The summed E-state index contributed by atoms with van der Waals surface area (Å²) in [6, 6.07) is 2.07. The molecule has 2 rings (SSSR count). The van der Waals surface area contributed by atoms with Crippen molar-refractivity contribution < 1.29 is 9.53 Å². The molecule has 0 aliphatic rings. The molecule has 0 fully saturated rings. The molecule has 26 heavy (non-hydrogen) atoms. The maximum absolute atomic E-state index is 12.1. The van der Waals surface area contributed by atoms with Crippen LogP contribution in [0, 0.1) is 25.2 Å². The van der Waals surface area contributed by atoms with E-state index in [0.29, 0.717) is 28.5 Å². The van der Waals surface area contributed by atoms with Crippen LogP contribution in [0.1, 0.15) is 40.1 Å². The van der Waals surface area contributed by atoms with Gasteiger partial charge in [0.15, 0.2) is 5.82 Å². The van der Waals surface area contributed by atoms with Gasteiger partial charge in [-0.2, -0.15) is 20.2 Å². The maximum atomic E-state index is 12.1. The number of hydrogen-bond acceptors (Lipinski definition) is 8. The fourth-order valence-corrected chi connectivity index (χ4v) is 2.42. The molecule has 0 aliphatic carbocycles. The van der Waals surface area contributed by atoms with E-state index < -0.39 is 5.97 Å². The minimum Gasteiger partial charge on any atom is -0.462 e. The van der Waals surface area contributed by atoms with Gasteiger partial charge in [-0.15, -0.1) is 0 Å². The molecule has 3 N–H and O–H groups in total. The zero-order valence-electron chi connectivity index (χ0n) is 15.4. The normalized spacial score (nSPS) is 11.2. The molecule has 0 amide bonds. The Balaban J connectivity index is 2.53. The molecule has 0 saturated carbocycles. The van der Waals surface area contributed by atoms with Crippen LogP contribution in [0.5, 0.6) is 0 Å². The number of hydrogen-bond donors (Lipinski definition) is 2. The van der Waals surface area contributed by atoms with Crippen LogP contribution in [0.25, 0.3) is 11.6 Å². The van der Waals surface area contributed by atoms with E-state index in [1.165, 1.54) is 0 Å². The van der Waals surface area contributed by atoms with Gasteiger partial charge in [-0.1, -0.05) is 0 Å². The lowest BCUT2D eigenvalue weighted by Gasteiger charge is -2.10. The molecule has 2 aromatic rings. The summed E-state index contributed by atoms with van der Waals surface area (Å²) in [6.45, 7) is 5.59. The zero-order chi connectivity index (χ0) is 19.4. The van der Waals surface area contributed by atoms with E-state index in [1.807, 2.05) is 0 Å². The minimum absolute atomic E-state index is 0.0199. The van der Waals surface area contributed by atoms with Crippen molar-refractivity contribution in [2.75, 3.05) is 31.3 Å². The molecule has 0 bridgehead atoms. The summed E-state index contributed by atoms with van der Waals surface area (Å²) in [5.41, 5.74) is 8.32. The van der Waals surface area contributed by atoms with Crippen LogP contribution in [0.3, 0.4) is 0 Å². The van der Waals surface area contributed by atoms with E-state index in [-0.39, 0.29) is 24.0 Å². The average Bonchev–Trinajstić information content (AvgIpc) is 2.85. The van der Waals surface area contributed by atoms with E-state index in [1.54, 1.807) is 45.8 Å². The molecule has 2 heterocycles. The Morgan fingerprint density at radius 2 is 2.04 bits per heavy atom. The number of nitriles is 1. The van der Waals surface area contributed by atoms with Crippen molar-refractivity contribution in [1.82, 2.24) is 19.9 Å². The fourth-order valence-electron chi connectivity index (χ4n) is 2.42. The number of nitrogens with zero attached hydrogens (tertiary/aromatic N) is 5. The number of esters is 1. The fraction of sp³-hybridized carbons (Fsp3) is 0.353. The van der Waals surface area contributed by atoms with E-state index >= 15 is 0 Å². The lowest BCUT2D eigenvalue weighted by Crippen LogP contribution is -2.15. The Kier molecular flexibility index (Phi) is 5.57. The molecular weight excluding hydrogens is 334 g/mol. The van der Waals surface area contributed by atoms with Gasteiger partial charge in [-0.05, 0) is 32.4 Å². The lowest BCUT2D eigenvalue weighted by molar-refractivity contribution is 0.0525. The highest BCUT2D eigenvalue weighted by Crippen LogP contribution is 2.23. The van der Waals surface area contributed by atoms with Crippen LogP contribution in [-0.4, -0.2) is 46.6 Å². The summed E-state index contributed by atoms with van der Waals surface area (Å²) in [4.78, 5) is 29.2. The summed E-state index contributed by atoms with van der Waals surface area (Å²) >= 11 is 0. The summed E-state index contributed by atoms with van der Waals surface area (Å²) in [5, 5.41) is 9.54. The number of nitrogens with one attached hydrogen (secondary N) is 1. The van der Waals surface area contributed by atoms with Crippen molar-refractivity contribution in [2.24, 2.45) is 0 Å². The van der Waals surface area contributed by atoms with E-state index in [0.717, 1.165) is 0 Å². The van der Waals surface area contributed by atoms with E-state index in [4.69, 9.17) is 10.5 Å². The zero-order valence-corrected chi connectivity index (χ0v) is 15.4. The predicted octanol–water partition coefficient (Wildman–Crippen LogP) is 1.71. The highest BCUT2D eigenvalue weighted by Gasteiger charge is 2.19. The summed E-state index contributed by atoms with van der Waals surface area (Å²) < 4.78 is 5.08. The second kappa shape index (κ2) is 7.65. The average molecular weight is 355 g/mol. The van der Waals surface area contributed by atoms with Gasteiger partial charge >= 0.3 is 5.97 Å². The van der Waals surface area contributed by atoms with Gasteiger partial charge in [0.2, 0.25) is 11.9 Å². The Morgan fingerprint density at radius 1 is 1.35 bits per heavy atom. The van der Waals surface area contributed by atoms with Crippen LogP contribution in [0.4, 0.5) is 11.9 Å². The molecule has 9 nitrogen and oxygen atoms in total. The Bertz CT molecular complexity index is 907. The molecular formula is C17H21N7O2. The van der Waals surface area contributed by atoms with E-state index in [2.05, 4.69) is 26.0 Å². The summed E-state index contributed by atoms with van der Waals surface area (Å²) in [6.07, 6.45) is 1.58. The number of nitrogens with two attached hydrogens (primary N) is 1. The van der Waals surface area contributed by atoms with Gasteiger partial charge in [0.1, 0.15) is 6.07 Å². The van der Waals surface area contributed by atoms with Crippen LogP contribution >= 0.6 is 0 Å². The van der Waals surface area contributed by atoms with Crippen molar-refractivity contribution >= 4 is 29.5 Å². The number of aryl methyl sites for hydroxylation is 1. The topological polar surface area (TPSA) is 134 Å². The minimum atomic E-state index is -0.406. The van der Waals surface area contributed by atoms with Crippen LogP contribution in [-0.2, 0) is 4.74 Å². The molecule has 0 saturated heterocycles. The molecule has 0 radical (unpaired) electrons. The number of nitrogen functional groups attached to an aromatic ring is 1. The first-order chi connectivity index (χ1) is 12.3. The van der Waals surface area contributed by atoms with Gasteiger partial charge in [0.05, 0.1) is 17.7 Å². The van der Waals surface area contributed by atoms with Gasteiger partial charge < -0.3 is 20.4 Å². The van der Waals surface area contributed by atoms with Crippen molar-refractivity contribution in [3.63, 3.8) is 0 Å². The monoisotopic (exact) mass is 355 g/mol. The number of anilines is 2. The summed E-state index contributed by atoms with van der Waals surface area (Å²) in [5.74, 6) is 0.121. The first kappa shape index (κ1) is 18.9. The number of aromatic nitrogens is 4. The SMILES string of the molecule is CCOC(=O)c1c(C)[nH]c(/C=C(/C#N)c2nc(N)nc(N(C)C)n2)c1C. The third-order valence-corrected chi connectivity index (χ3v) is 3.65. The molecule has 0 aromatic carbocycles. The Labute approximate surface area is 151 Å². The molecule has 0 aliphatic heterocycles. The molecule has 0 spiro atoms. The number of carbonyl (C=O) groups is 1. The highest BCUT2D eigenvalue weighted by atomic mass is 16.5. The number of aromatic amines is 1. The maximum Gasteiger partial charge on any atom is 0.340 e. The second-order valence-electron chi connectivity index (χ2n) is 5.77. The number of allylic oxidation sites excluding steroid dienone is 1. The number of rotatable bonds is 5. The third kappa shape index (κ3) is 3.80. The van der Waals surface area contributed by atoms with Crippen LogP contribution in [0.15, 0.2) is 0 Å². The lowest BCUT2D eigenvalue weighted by atomic mass is 10.1. The van der Waals surface area contributed by atoms with Crippen molar-refractivity contribution in [2.45, 2.75) is 20.8 Å². The van der Waals surface area contributed by atoms with Gasteiger partial charge in [0, 0.05) is 25.5 Å². The Morgan fingerprint density at radius 3 is 2.62 bits per heavy atom. The summed E-state index contributed by atoms with van der Waals surface area (Å²) in [7, 11) is 3.52. The molecule has 2 aromatic heterocycles. The van der Waals surface area contributed by atoms with Gasteiger partial charge in [-0.3, -0.25) is 0 Å². The Hall–Kier alpha value is -3.41.